The molecule has 3 saturated carbocycles. The number of rotatable bonds is 5. The second kappa shape index (κ2) is 8.74. The van der Waals surface area contributed by atoms with E-state index in [2.05, 4.69) is 26.7 Å². The van der Waals surface area contributed by atoms with Crippen molar-refractivity contribution < 1.29 is 0 Å². The van der Waals surface area contributed by atoms with Crippen LogP contribution in [0.2, 0.25) is 0 Å². The van der Waals surface area contributed by atoms with E-state index >= 15 is 0 Å². The van der Waals surface area contributed by atoms with E-state index in [-0.39, 0.29) is 0 Å². The normalized spacial score (nSPS) is 45.1. The fourth-order valence-corrected chi connectivity index (χ4v) is 9.38. The molecular formula is C31H46N4. The number of nitrogens with zero attached hydrogens (tertiary/aromatic N) is 2. The van der Waals surface area contributed by atoms with Crippen molar-refractivity contribution in [2.45, 2.75) is 134 Å². The fourth-order valence-electron chi connectivity index (χ4n) is 9.38. The molecule has 6 aliphatic carbocycles. The average molecular weight is 475 g/mol. The van der Waals surface area contributed by atoms with E-state index in [0.717, 1.165) is 23.7 Å². The van der Waals surface area contributed by atoms with Crippen LogP contribution in [0.1, 0.15) is 116 Å². The molecule has 0 radical (unpaired) electrons. The summed E-state index contributed by atoms with van der Waals surface area (Å²) in [5.74, 6) is 3.50. The van der Waals surface area contributed by atoms with Gasteiger partial charge >= 0.3 is 0 Å². The molecule has 0 aromatic rings. The van der Waals surface area contributed by atoms with E-state index in [1.165, 1.54) is 116 Å². The SMILES string of the molecule is C1=C(C2N3C(NC4=C(C5=C6C[C@H]6CC5)CCC5CCCCC45)NC(C4CCCCC4)[N@]23)CCCC1. The van der Waals surface area contributed by atoms with Crippen LogP contribution < -0.4 is 10.6 Å². The summed E-state index contributed by atoms with van der Waals surface area (Å²) in [6.45, 7) is 0. The summed E-state index contributed by atoms with van der Waals surface area (Å²) in [5, 5.41) is 14.0. The monoisotopic (exact) mass is 474 g/mol. The molecule has 190 valence electrons. The first-order valence-electron chi connectivity index (χ1n) is 15.6. The Bertz CT molecular complexity index is 955. The lowest BCUT2D eigenvalue weighted by Crippen LogP contribution is -2.52. The Morgan fingerprint density at radius 1 is 0.743 bits per heavy atom. The number of allylic oxidation sites excluding steroid dienone is 5. The molecule has 0 bridgehead atoms. The van der Waals surface area contributed by atoms with Crippen LogP contribution in [-0.2, 0) is 0 Å². The number of hydrogen-bond acceptors (Lipinski definition) is 4. The summed E-state index contributed by atoms with van der Waals surface area (Å²) >= 11 is 0. The maximum atomic E-state index is 4.30. The summed E-state index contributed by atoms with van der Waals surface area (Å²) in [6, 6.07) is 0. The van der Waals surface area contributed by atoms with Crippen molar-refractivity contribution in [3.05, 3.63) is 34.1 Å². The van der Waals surface area contributed by atoms with Gasteiger partial charge in [-0.15, -0.1) is 0 Å². The van der Waals surface area contributed by atoms with Gasteiger partial charge in [-0.1, -0.05) is 43.8 Å². The number of fused-ring (bicyclic) bond motifs is 3. The quantitative estimate of drug-likeness (QED) is 0.343. The van der Waals surface area contributed by atoms with E-state index in [1.807, 2.05) is 11.1 Å². The Kier molecular flexibility index (Phi) is 5.48. The van der Waals surface area contributed by atoms with Crippen molar-refractivity contribution in [2.24, 2.45) is 23.7 Å². The van der Waals surface area contributed by atoms with Gasteiger partial charge in [-0.05, 0) is 118 Å². The van der Waals surface area contributed by atoms with E-state index in [1.54, 1.807) is 16.8 Å². The van der Waals surface area contributed by atoms with Gasteiger partial charge in [0.1, 0.15) is 6.17 Å². The summed E-state index contributed by atoms with van der Waals surface area (Å²) in [7, 11) is 0. The molecule has 35 heavy (non-hydrogen) atoms. The minimum atomic E-state index is 0.294. The maximum Gasteiger partial charge on any atom is 0.150 e. The number of nitrogens with one attached hydrogen (secondary N) is 2. The highest BCUT2D eigenvalue weighted by Crippen LogP contribution is 2.56. The zero-order valence-corrected chi connectivity index (χ0v) is 21.7. The van der Waals surface area contributed by atoms with E-state index in [9.17, 15) is 0 Å². The smallest absolute Gasteiger partial charge is 0.150 e. The van der Waals surface area contributed by atoms with Gasteiger partial charge in [-0.2, -0.15) is 10.0 Å². The maximum absolute atomic E-state index is 4.30. The van der Waals surface area contributed by atoms with Gasteiger partial charge in [0.15, 0.2) is 6.29 Å². The summed E-state index contributed by atoms with van der Waals surface area (Å²) in [6.07, 6.45) is 29.3. The Labute approximate surface area is 212 Å². The topological polar surface area (TPSA) is 30.1 Å². The predicted octanol–water partition coefficient (Wildman–Crippen LogP) is 6.69. The first-order valence-corrected chi connectivity index (χ1v) is 15.6. The fraction of sp³-hybridized carbons (Fsp3) is 0.806. The largest absolute Gasteiger partial charge is 0.359 e. The predicted molar refractivity (Wildman–Crippen MR) is 141 cm³/mol. The number of hydrazine groups is 1. The molecule has 2 heterocycles. The Hall–Kier alpha value is -1.10. The lowest BCUT2D eigenvalue weighted by molar-refractivity contribution is 0.187. The van der Waals surface area contributed by atoms with Crippen molar-refractivity contribution in [2.75, 3.05) is 0 Å². The Morgan fingerprint density at radius 2 is 1.57 bits per heavy atom. The lowest BCUT2D eigenvalue weighted by Gasteiger charge is -2.41. The van der Waals surface area contributed by atoms with Gasteiger partial charge < -0.3 is 5.32 Å². The molecule has 4 heteroatoms. The zero-order valence-electron chi connectivity index (χ0n) is 21.7. The van der Waals surface area contributed by atoms with Gasteiger partial charge in [0.2, 0.25) is 0 Å². The molecule has 6 unspecified atom stereocenters. The lowest BCUT2D eigenvalue weighted by atomic mass is 9.69. The molecule has 0 aromatic heterocycles. The minimum absolute atomic E-state index is 0.294. The summed E-state index contributed by atoms with van der Waals surface area (Å²) < 4.78 is 0. The van der Waals surface area contributed by atoms with Gasteiger partial charge in [0.05, 0.1) is 6.17 Å². The molecular weight excluding hydrogens is 428 g/mol. The van der Waals surface area contributed by atoms with Crippen LogP contribution in [0.3, 0.4) is 0 Å². The molecule has 0 amide bonds. The average Bonchev–Trinajstić information content (AvgIpc) is 3.79. The van der Waals surface area contributed by atoms with Crippen molar-refractivity contribution in [1.82, 2.24) is 20.7 Å². The first-order chi connectivity index (χ1) is 17.4. The summed E-state index contributed by atoms with van der Waals surface area (Å²) in [4.78, 5) is 0. The van der Waals surface area contributed by atoms with E-state index in [0.29, 0.717) is 18.6 Å². The van der Waals surface area contributed by atoms with Crippen molar-refractivity contribution >= 4 is 0 Å². The van der Waals surface area contributed by atoms with E-state index in [4.69, 9.17) is 0 Å². The molecule has 8 rings (SSSR count). The molecule has 4 nitrogen and oxygen atoms in total. The van der Waals surface area contributed by atoms with Crippen LogP contribution in [0.15, 0.2) is 34.1 Å². The highest BCUT2D eigenvalue weighted by Gasteiger charge is 2.62. The molecule has 8 atom stereocenters. The highest BCUT2D eigenvalue weighted by molar-refractivity contribution is 5.49. The third-order valence-corrected chi connectivity index (χ3v) is 11.3. The highest BCUT2D eigenvalue weighted by atomic mass is 16.0. The zero-order chi connectivity index (χ0) is 22.9. The molecule has 5 fully saturated rings. The first kappa shape index (κ1) is 21.9. The van der Waals surface area contributed by atoms with Crippen LogP contribution in [0.25, 0.3) is 0 Å². The Balaban J connectivity index is 1.11. The van der Waals surface area contributed by atoms with Crippen LogP contribution in [-0.4, -0.2) is 28.6 Å². The molecule has 0 spiro atoms. The van der Waals surface area contributed by atoms with E-state index < -0.39 is 0 Å². The molecule has 2 saturated heterocycles. The molecule has 2 N–H and O–H groups in total. The standard InChI is InChI=1S/C31H46N4/c1-3-10-21(11-4-1)29-33-31(35-30(34(29)35)22-12-5-2-6-13-22)32-28-24-14-8-7-9-20(24)15-18-26(28)25-17-16-23-19-27(23)25/h12,20-21,23-24,29-33H,1-11,13-19H2/t20?,23-,24?,29?,30?,31?,34-,35?/m1/s1. The Morgan fingerprint density at radius 3 is 2.37 bits per heavy atom. The van der Waals surface area contributed by atoms with Gasteiger partial charge in [0.25, 0.3) is 0 Å². The van der Waals surface area contributed by atoms with Gasteiger partial charge in [0, 0.05) is 11.6 Å². The summed E-state index contributed by atoms with van der Waals surface area (Å²) in [5.41, 5.74) is 8.87. The van der Waals surface area contributed by atoms with Gasteiger partial charge in [-0.25, -0.2) is 0 Å². The van der Waals surface area contributed by atoms with Crippen molar-refractivity contribution in [3.63, 3.8) is 0 Å². The van der Waals surface area contributed by atoms with Crippen molar-refractivity contribution in [1.29, 1.82) is 0 Å². The second-order valence-corrected chi connectivity index (χ2v) is 13.2. The van der Waals surface area contributed by atoms with Crippen LogP contribution in [0.4, 0.5) is 0 Å². The third kappa shape index (κ3) is 3.72. The van der Waals surface area contributed by atoms with Crippen molar-refractivity contribution in [3.8, 4) is 0 Å². The molecule has 2 aliphatic heterocycles. The second-order valence-electron chi connectivity index (χ2n) is 13.2. The third-order valence-electron chi connectivity index (χ3n) is 11.3. The minimum Gasteiger partial charge on any atom is -0.359 e. The van der Waals surface area contributed by atoms with Crippen LogP contribution in [0, 0.1) is 23.7 Å². The van der Waals surface area contributed by atoms with Crippen LogP contribution in [0.5, 0.6) is 0 Å². The molecule has 8 aliphatic rings. The molecule has 0 aromatic carbocycles. The van der Waals surface area contributed by atoms with Crippen LogP contribution >= 0.6 is 0 Å². The number of hydrogen-bond donors (Lipinski definition) is 2. The van der Waals surface area contributed by atoms with Gasteiger partial charge in [-0.3, -0.25) is 5.32 Å².